The highest BCUT2D eigenvalue weighted by Gasteiger charge is 2.31. The first kappa shape index (κ1) is 10.9. The van der Waals surface area contributed by atoms with Gasteiger partial charge in [-0.3, -0.25) is 0 Å². The number of nitrogens with zero attached hydrogens (tertiary/aromatic N) is 2. The first-order valence-corrected chi connectivity index (χ1v) is 6.55. The molecule has 0 saturated carbocycles. The Morgan fingerprint density at radius 3 is 3.07 bits per heavy atom. The van der Waals surface area contributed by atoms with Crippen molar-refractivity contribution in [3.63, 3.8) is 0 Å². The summed E-state index contributed by atoms with van der Waals surface area (Å²) in [5.74, 6) is 0.698. The van der Waals surface area contributed by atoms with Crippen LogP contribution in [-0.4, -0.2) is 24.1 Å². The van der Waals surface area contributed by atoms with Gasteiger partial charge in [0.15, 0.2) is 5.13 Å². The number of thiazole rings is 1. The van der Waals surface area contributed by atoms with Crippen molar-refractivity contribution in [1.82, 2.24) is 4.98 Å². The zero-order chi connectivity index (χ0) is 10.8. The van der Waals surface area contributed by atoms with Crippen molar-refractivity contribution in [2.75, 3.05) is 18.0 Å². The first-order valence-electron chi connectivity index (χ1n) is 5.67. The van der Waals surface area contributed by atoms with E-state index < -0.39 is 0 Å². The van der Waals surface area contributed by atoms with E-state index in [1.54, 1.807) is 11.3 Å². The Morgan fingerprint density at radius 1 is 1.67 bits per heavy atom. The van der Waals surface area contributed by atoms with Crippen molar-refractivity contribution in [3.8, 4) is 0 Å². The third-order valence-corrected chi connectivity index (χ3v) is 4.20. The molecular formula is C11H19N3S. The van der Waals surface area contributed by atoms with Crippen LogP contribution in [0.1, 0.15) is 26.0 Å². The summed E-state index contributed by atoms with van der Waals surface area (Å²) in [6, 6.07) is 0.487. The highest BCUT2D eigenvalue weighted by Crippen LogP contribution is 2.31. The molecule has 2 N–H and O–H groups in total. The summed E-state index contributed by atoms with van der Waals surface area (Å²) in [7, 11) is 0. The first-order chi connectivity index (χ1) is 7.26. The zero-order valence-corrected chi connectivity index (χ0v) is 10.3. The second-order valence-electron chi connectivity index (χ2n) is 4.24. The highest BCUT2D eigenvalue weighted by molar-refractivity contribution is 7.13. The molecule has 1 aromatic rings. The number of rotatable bonds is 3. The summed E-state index contributed by atoms with van der Waals surface area (Å²) in [4.78, 5) is 7.02. The van der Waals surface area contributed by atoms with E-state index in [-0.39, 0.29) is 0 Å². The number of hydrogen-bond acceptors (Lipinski definition) is 4. The molecule has 4 heteroatoms. The van der Waals surface area contributed by atoms with E-state index in [4.69, 9.17) is 5.73 Å². The summed E-state index contributed by atoms with van der Waals surface area (Å²) in [6.07, 6.45) is 2.26. The fourth-order valence-electron chi connectivity index (χ4n) is 2.20. The summed E-state index contributed by atoms with van der Waals surface area (Å²) in [5.41, 5.74) is 7.03. The minimum Gasteiger partial charge on any atom is -0.344 e. The molecule has 1 saturated heterocycles. The fourth-order valence-corrected chi connectivity index (χ4v) is 3.19. The summed E-state index contributed by atoms with van der Waals surface area (Å²) in [6.45, 7) is 6.28. The van der Waals surface area contributed by atoms with Gasteiger partial charge in [-0.2, -0.15) is 0 Å². The third kappa shape index (κ3) is 2.01. The van der Waals surface area contributed by atoms with Crippen LogP contribution in [0.2, 0.25) is 0 Å². The Kier molecular flexibility index (Phi) is 3.26. The van der Waals surface area contributed by atoms with Crippen LogP contribution in [0.25, 0.3) is 0 Å². The van der Waals surface area contributed by atoms with Gasteiger partial charge in [0.2, 0.25) is 0 Å². The number of anilines is 1. The van der Waals surface area contributed by atoms with E-state index in [9.17, 15) is 0 Å². The average molecular weight is 225 g/mol. The second-order valence-corrected chi connectivity index (χ2v) is 5.07. The smallest absolute Gasteiger partial charge is 0.185 e. The maximum absolute atomic E-state index is 5.83. The van der Waals surface area contributed by atoms with Crippen molar-refractivity contribution in [2.24, 2.45) is 11.7 Å². The van der Waals surface area contributed by atoms with Gasteiger partial charge < -0.3 is 10.6 Å². The molecule has 15 heavy (non-hydrogen) atoms. The monoisotopic (exact) mass is 225 g/mol. The van der Waals surface area contributed by atoms with Gasteiger partial charge in [-0.1, -0.05) is 13.8 Å². The van der Waals surface area contributed by atoms with Gasteiger partial charge in [0, 0.05) is 24.5 Å². The molecule has 2 atom stereocenters. The topological polar surface area (TPSA) is 42.1 Å². The molecule has 1 aliphatic heterocycles. The lowest BCUT2D eigenvalue weighted by atomic mass is 10.0. The quantitative estimate of drug-likeness (QED) is 0.854. The predicted octanol–water partition coefficient (Wildman–Crippen LogP) is 1.88. The van der Waals surface area contributed by atoms with Crippen LogP contribution < -0.4 is 10.6 Å². The van der Waals surface area contributed by atoms with E-state index in [0.717, 1.165) is 24.6 Å². The molecule has 0 aromatic carbocycles. The maximum atomic E-state index is 5.83. The highest BCUT2D eigenvalue weighted by atomic mass is 32.1. The third-order valence-electron chi connectivity index (χ3n) is 3.27. The van der Waals surface area contributed by atoms with Crippen molar-refractivity contribution in [2.45, 2.75) is 32.7 Å². The maximum Gasteiger partial charge on any atom is 0.185 e. The molecule has 3 nitrogen and oxygen atoms in total. The summed E-state index contributed by atoms with van der Waals surface area (Å²) < 4.78 is 0. The van der Waals surface area contributed by atoms with Gasteiger partial charge in [-0.15, -0.1) is 11.3 Å². The standard InChI is InChI=1S/C11H19N3S/c1-3-9-7-15-11(13-9)14-5-4-8(2)10(14)6-12/h7-8,10H,3-6,12H2,1-2H3. The zero-order valence-electron chi connectivity index (χ0n) is 9.44. The molecular weight excluding hydrogens is 206 g/mol. The van der Waals surface area contributed by atoms with Gasteiger partial charge in [0.1, 0.15) is 0 Å². The van der Waals surface area contributed by atoms with Crippen LogP contribution in [0, 0.1) is 5.92 Å². The van der Waals surface area contributed by atoms with Crippen LogP contribution in [0.15, 0.2) is 5.38 Å². The molecule has 2 rings (SSSR count). The predicted molar refractivity (Wildman–Crippen MR) is 65.5 cm³/mol. The van der Waals surface area contributed by atoms with Crippen molar-refractivity contribution in [1.29, 1.82) is 0 Å². The van der Waals surface area contributed by atoms with Gasteiger partial charge in [0.05, 0.1) is 5.69 Å². The molecule has 0 aliphatic carbocycles. The average Bonchev–Trinajstić information content (AvgIpc) is 2.83. The molecule has 0 bridgehead atoms. The fraction of sp³-hybridized carbons (Fsp3) is 0.727. The molecule has 2 heterocycles. The summed E-state index contributed by atoms with van der Waals surface area (Å²) >= 11 is 1.75. The van der Waals surface area contributed by atoms with E-state index in [1.165, 1.54) is 12.1 Å². The van der Waals surface area contributed by atoms with E-state index in [0.29, 0.717) is 12.0 Å². The Balaban J connectivity index is 2.16. The Labute approximate surface area is 95.3 Å². The lowest BCUT2D eigenvalue weighted by molar-refractivity contribution is 0.518. The molecule has 1 aliphatic rings. The van der Waals surface area contributed by atoms with Gasteiger partial charge in [-0.05, 0) is 18.8 Å². The Hall–Kier alpha value is -0.610. The van der Waals surface area contributed by atoms with Gasteiger partial charge in [0.25, 0.3) is 0 Å². The largest absolute Gasteiger partial charge is 0.344 e. The molecule has 1 fully saturated rings. The van der Waals surface area contributed by atoms with Crippen LogP contribution in [0.3, 0.4) is 0 Å². The number of hydrogen-bond donors (Lipinski definition) is 1. The van der Waals surface area contributed by atoms with E-state index in [2.05, 4.69) is 29.1 Å². The lowest BCUT2D eigenvalue weighted by Gasteiger charge is -2.24. The minimum absolute atomic E-state index is 0.487. The number of aromatic nitrogens is 1. The molecule has 84 valence electrons. The molecule has 2 unspecified atom stereocenters. The van der Waals surface area contributed by atoms with E-state index >= 15 is 0 Å². The lowest BCUT2D eigenvalue weighted by Crippen LogP contribution is -2.38. The van der Waals surface area contributed by atoms with Crippen molar-refractivity contribution in [3.05, 3.63) is 11.1 Å². The van der Waals surface area contributed by atoms with Crippen molar-refractivity contribution >= 4 is 16.5 Å². The van der Waals surface area contributed by atoms with Gasteiger partial charge in [-0.25, -0.2) is 4.98 Å². The van der Waals surface area contributed by atoms with Crippen LogP contribution >= 0.6 is 11.3 Å². The van der Waals surface area contributed by atoms with Crippen LogP contribution in [0.5, 0.6) is 0 Å². The molecule has 0 amide bonds. The second kappa shape index (κ2) is 4.49. The van der Waals surface area contributed by atoms with Crippen LogP contribution in [-0.2, 0) is 6.42 Å². The summed E-state index contributed by atoms with van der Waals surface area (Å²) in [5, 5.41) is 3.32. The van der Waals surface area contributed by atoms with E-state index in [1.807, 2.05) is 0 Å². The van der Waals surface area contributed by atoms with Gasteiger partial charge >= 0.3 is 0 Å². The number of aryl methyl sites for hydroxylation is 1. The molecule has 1 aromatic heterocycles. The minimum atomic E-state index is 0.487. The van der Waals surface area contributed by atoms with Crippen molar-refractivity contribution < 1.29 is 0 Å². The molecule has 0 radical (unpaired) electrons. The number of nitrogens with two attached hydrogens (primary N) is 1. The Morgan fingerprint density at radius 2 is 2.47 bits per heavy atom. The van der Waals surface area contributed by atoms with Crippen LogP contribution in [0.4, 0.5) is 5.13 Å². The Bertz CT molecular complexity index is 323. The molecule has 0 spiro atoms. The SMILES string of the molecule is CCc1csc(N2CCC(C)C2CN)n1. The normalized spacial score (nSPS) is 26.2.